The number of nitriles is 1. The molecule has 0 saturated heterocycles. The highest BCUT2D eigenvalue weighted by Gasteiger charge is 2.37. The van der Waals surface area contributed by atoms with E-state index in [1.54, 1.807) is 24.3 Å². The van der Waals surface area contributed by atoms with Gasteiger partial charge in [0.05, 0.1) is 24.7 Å². The molecular weight excluding hydrogens is 488 g/mol. The van der Waals surface area contributed by atoms with Gasteiger partial charge in [0.1, 0.15) is 29.4 Å². The molecule has 3 N–H and O–H groups in total. The lowest BCUT2D eigenvalue weighted by Gasteiger charge is -2.29. The van der Waals surface area contributed by atoms with Crippen LogP contribution in [0.4, 0.5) is 0 Å². The van der Waals surface area contributed by atoms with Crippen LogP contribution in [0.5, 0.6) is 17.2 Å². The number of phenolic OH excluding ortho intramolecular Hbond substituents is 1. The lowest BCUT2D eigenvalue weighted by atomic mass is 9.82. The summed E-state index contributed by atoms with van der Waals surface area (Å²) in [6.45, 7) is 0.150. The standard InChI is InChI=1S/C25H19BrN2O5/c1-31-25(30)23-22(18-8-7-17(29)11-21(18)33-24(23)28)19-10-16(26)6-9-20(19)32-13-15-5-3-2-4-14(15)12-27/h2-11,22,29H,13,28H2,1H3. The van der Waals surface area contributed by atoms with E-state index >= 15 is 0 Å². The van der Waals surface area contributed by atoms with Gasteiger partial charge in [0.25, 0.3) is 0 Å². The van der Waals surface area contributed by atoms with Gasteiger partial charge in [-0.1, -0.05) is 40.2 Å². The molecular formula is C25H19BrN2O5. The first-order valence-electron chi connectivity index (χ1n) is 9.92. The van der Waals surface area contributed by atoms with Crippen LogP contribution >= 0.6 is 15.9 Å². The van der Waals surface area contributed by atoms with E-state index in [4.69, 9.17) is 19.9 Å². The number of ether oxygens (including phenoxy) is 3. The molecule has 4 rings (SSSR count). The number of esters is 1. The SMILES string of the molecule is COC(=O)C1=C(N)Oc2cc(O)ccc2C1c1cc(Br)ccc1OCc1ccccc1C#N. The summed E-state index contributed by atoms with van der Waals surface area (Å²) in [6.07, 6.45) is 0. The summed E-state index contributed by atoms with van der Waals surface area (Å²) >= 11 is 3.49. The number of carbonyl (C=O) groups is 1. The molecule has 1 aliphatic heterocycles. The normalized spacial score (nSPS) is 14.6. The Morgan fingerprint density at radius 2 is 1.97 bits per heavy atom. The van der Waals surface area contributed by atoms with Crippen LogP contribution in [0.15, 0.2) is 76.6 Å². The average molecular weight is 507 g/mol. The molecule has 0 fully saturated rings. The second-order valence-corrected chi connectivity index (χ2v) is 8.18. The van der Waals surface area contributed by atoms with Crippen molar-refractivity contribution >= 4 is 21.9 Å². The van der Waals surface area contributed by atoms with Gasteiger partial charge >= 0.3 is 5.97 Å². The first-order valence-corrected chi connectivity index (χ1v) is 10.7. The first-order chi connectivity index (χ1) is 15.9. The Labute approximate surface area is 198 Å². The van der Waals surface area contributed by atoms with Gasteiger partial charge in [-0.15, -0.1) is 0 Å². The lowest BCUT2D eigenvalue weighted by molar-refractivity contribution is -0.136. The van der Waals surface area contributed by atoms with Crippen LogP contribution in [0.2, 0.25) is 0 Å². The van der Waals surface area contributed by atoms with Crippen LogP contribution in [0, 0.1) is 11.3 Å². The lowest BCUT2D eigenvalue weighted by Crippen LogP contribution is -2.27. The fourth-order valence-corrected chi connectivity index (χ4v) is 4.14. The molecule has 0 saturated carbocycles. The van der Waals surface area contributed by atoms with E-state index in [0.29, 0.717) is 28.2 Å². The summed E-state index contributed by atoms with van der Waals surface area (Å²) in [6, 6.07) is 19.4. The molecule has 0 spiro atoms. The number of rotatable bonds is 5. The third kappa shape index (κ3) is 4.36. The summed E-state index contributed by atoms with van der Waals surface area (Å²) in [7, 11) is 1.27. The second-order valence-electron chi connectivity index (χ2n) is 7.27. The number of phenols is 1. The number of nitrogens with zero attached hydrogens (tertiary/aromatic N) is 1. The smallest absolute Gasteiger partial charge is 0.340 e. The molecule has 1 heterocycles. The molecule has 33 heavy (non-hydrogen) atoms. The Balaban J connectivity index is 1.84. The molecule has 1 unspecified atom stereocenters. The molecule has 0 aliphatic carbocycles. The van der Waals surface area contributed by atoms with E-state index in [1.807, 2.05) is 24.3 Å². The van der Waals surface area contributed by atoms with Crippen LogP contribution in [0.3, 0.4) is 0 Å². The van der Waals surface area contributed by atoms with E-state index in [2.05, 4.69) is 22.0 Å². The van der Waals surface area contributed by atoms with Crippen molar-refractivity contribution in [1.82, 2.24) is 0 Å². The van der Waals surface area contributed by atoms with E-state index in [-0.39, 0.29) is 23.8 Å². The Morgan fingerprint density at radius 3 is 2.73 bits per heavy atom. The third-order valence-corrected chi connectivity index (χ3v) is 5.78. The van der Waals surface area contributed by atoms with Gasteiger partial charge in [-0.05, 0) is 30.3 Å². The minimum Gasteiger partial charge on any atom is -0.508 e. The van der Waals surface area contributed by atoms with Crippen molar-refractivity contribution in [3.05, 3.63) is 98.8 Å². The molecule has 166 valence electrons. The number of nitrogens with two attached hydrogens (primary N) is 1. The quantitative estimate of drug-likeness (QED) is 0.490. The topological polar surface area (TPSA) is 115 Å². The van der Waals surface area contributed by atoms with Gasteiger partial charge in [0.2, 0.25) is 5.88 Å². The predicted molar refractivity (Wildman–Crippen MR) is 123 cm³/mol. The highest BCUT2D eigenvalue weighted by atomic mass is 79.9. The van der Waals surface area contributed by atoms with Gasteiger partial charge in [0, 0.05) is 27.2 Å². The molecule has 8 heteroatoms. The van der Waals surface area contributed by atoms with E-state index < -0.39 is 11.9 Å². The fourth-order valence-electron chi connectivity index (χ4n) is 3.76. The summed E-state index contributed by atoms with van der Waals surface area (Å²) in [4.78, 5) is 12.7. The Morgan fingerprint density at radius 1 is 1.18 bits per heavy atom. The monoisotopic (exact) mass is 506 g/mol. The van der Waals surface area contributed by atoms with Gasteiger partial charge in [-0.3, -0.25) is 0 Å². The van der Waals surface area contributed by atoms with E-state index in [9.17, 15) is 15.2 Å². The molecule has 0 aromatic heterocycles. The molecule has 3 aromatic carbocycles. The Bertz CT molecular complexity index is 1310. The number of hydrogen-bond acceptors (Lipinski definition) is 7. The van der Waals surface area contributed by atoms with Crippen molar-refractivity contribution in [2.45, 2.75) is 12.5 Å². The molecule has 0 radical (unpaired) electrons. The van der Waals surface area contributed by atoms with Crippen LogP contribution < -0.4 is 15.2 Å². The molecule has 3 aromatic rings. The van der Waals surface area contributed by atoms with Gasteiger partial charge < -0.3 is 25.1 Å². The highest BCUT2D eigenvalue weighted by molar-refractivity contribution is 9.10. The van der Waals surface area contributed by atoms with Crippen LogP contribution in [0.25, 0.3) is 0 Å². The zero-order valence-electron chi connectivity index (χ0n) is 17.5. The molecule has 0 amide bonds. The molecule has 0 bridgehead atoms. The minimum absolute atomic E-state index is 0.000597. The second kappa shape index (κ2) is 9.27. The third-order valence-electron chi connectivity index (χ3n) is 5.29. The summed E-state index contributed by atoms with van der Waals surface area (Å²) in [5.41, 5.74) is 8.74. The number of hydrogen-bond donors (Lipinski definition) is 2. The zero-order chi connectivity index (χ0) is 23.5. The van der Waals surface area contributed by atoms with Gasteiger partial charge in [-0.25, -0.2) is 4.79 Å². The van der Waals surface area contributed by atoms with Crippen LogP contribution in [-0.2, 0) is 16.1 Å². The maximum atomic E-state index is 12.7. The van der Waals surface area contributed by atoms with Crippen molar-refractivity contribution < 1.29 is 24.1 Å². The summed E-state index contributed by atoms with van der Waals surface area (Å²) in [5.74, 6) is -0.624. The minimum atomic E-state index is -0.680. The van der Waals surface area contributed by atoms with E-state index in [0.717, 1.165) is 10.0 Å². The van der Waals surface area contributed by atoms with Crippen LogP contribution in [-0.4, -0.2) is 18.2 Å². The maximum Gasteiger partial charge on any atom is 0.340 e. The van der Waals surface area contributed by atoms with Crippen molar-refractivity contribution in [2.24, 2.45) is 5.73 Å². The summed E-state index contributed by atoms with van der Waals surface area (Å²) < 4.78 is 17.5. The van der Waals surface area contributed by atoms with Gasteiger partial charge in [-0.2, -0.15) is 5.26 Å². The van der Waals surface area contributed by atoms with Crippen LogP contribution in [0.1, 0.15) is 28.2 Å². The highest BCUT2D eigenvalue weighted by Crippen LogP contribution is 2.47. The van der Waals surface area contributed by atoms with Crippen molar-refractivity contribution in [2.75, 3.05) is 7.11 Å². The zero-order valence-corrected chi connectivity index (χ0v) is 19.1. The summed E-state index contributed by atoms with van der Waals surface area (Å²) in [5, 5.41) is 19.3. The fraction of sp³-hybridized carbons (Fsp3) is 0.120. The Kier molecular flexibility index (Phi) is 6.24. The number of benzene rings is 3. The predicted octanol–water partition coefficient (Wildman–Crippen LogP) is 4.47. The number of fused-ring (bicyclic) bond motifs is 1. The van der Waals surface area contributed by atoms with Gasteiger partial charge in [0.15, 0.2) is 0 Å². The number of halogens is 1. The number of methoxy groups -OCH3 is 1. The largest absolute Gasteiger partial charge is 0.508 e. The number of carbonyl (C=O) groups excluding carboxylic acids is 1. The average Bonchev–Trinajstić information content (AvgIpc) is 2.82. The van der Waals surface area contributed by atoms with Crippen molar-refractivity contribution in [3.8, 4) is 23.3 Å². The number of aromatic hydroxyl groups is 1. The maximum absolute atomic E-state index is 12.7. The molecule has 1 aliphatic rings. The van der Waals surface area contributed by atoms with E-state index in [1.165, 1.54) is 19.2 Å². The molecule has 1 atom stereocenters. The van der Waals surface area contributed by atoms with Crippen molar-refractivity contribution in [3.63, 3.8) is 0 Å². The molecule has 7 nitrogen and oxygen atoms in total. The Hall–Kier alpha value is -3.96. The van der Waals surface area contributed by atoms with Crippen molar-refractivity contribution in [1.29, 1.82) is 5.26 Å². The first kappa shape index (κ1) is 22.2.